The van der Waals surface area contributed by atoms with Gasteiger partial charge in [-0.3, -0.25) is 9.36 Å². The van der Waals surface area contributed by atoms with E-state index in [1.165, 1.54) is 23.0 Å². The highest BCUT2D eigenvalue weighted by atomic mass is 32.1. The number of nitrogens with zero attached hydrogens (tertiary/aromatic N) is 3. The van der Waals surface area contributed by atoms with Gasteiger partial charge in [0.1, 0.15) is 29.1 Å². The molecule has 0 saturated heterocycles. The predicted molar refractivity (Wildman–Crippen MR) is 149 cm³/mol. The number of ether oxygens (including phenoxy) is 3. The van der Waals surface area contributed by atoms with Crippen molar-refractivity contribution in [3.8, 4) is 28.9 Å². The van der Waals surface area contributed by atoms with E-state index >= 15 is 0 Å². The number of nitriles is 1. The molecule has 10 heteroatoms. The molecule has 202 valence electrons. The molecule has 0 bridgehead atoms. The molecule has 2 aromatic heterocycles. The fourth-order valence-corrected chi connectivity index (χ4v) is 5.66. The van der Waals surface area contributed by atoms with Crippen molar-refractivity contribution in [2.75, 3.05) is 20.8 Å². The molecular formula is C30H25N3O6S. The largest absolute Gasteiger partial charge is 0.497 e. The second-order valence-corrected chi connectivity index (χ2v) is 9.78. The number of fused-ring (bicyclic) bond motifs is 1. The molecule has 1 aliphatic heterocycles. The van der Waals surface area contributed by atoms with Crippen molar-refractivity contribution in [1.82, 2.24) is 4.57 Å². The Balaban J connectivity index is 1.68. The molecule has 0 spiro atoms. The first-order valence-corrected chi connectivity index (χ1v) is 13.2. The highest BCUT2D eigenvalue weighted by molar-refractivity contribution is 7.07. The van der Waals surface area contributed by atoms with E-state index in [4.69, 9.17) is 18.6 Å². The first-order valence-electron chi connectivity index (χ1n) is 12.4. The van der Waals surface area contributed by atoms with Crippen molar-refractivity contribution in [1.29, 1.82) is 5.26 Å². The van der Waals surface area contributed by atoms with E-state index in [0.29, 0.717) is 54.7 Å². The fourth-order valence-electron chi connectivity index (χ4n) is 4.63. The van der Waals surface area contributed by atoms with Crippen molar-refractivity contribution in [2.45, 2.75) is 19.9 Å². The van der Waals surface area contributed by atoms with E-state index in [2.05, 4.69) is 11.1 Å². The van der Waals surface area contributed by atoms with Crippen molar-refractivity contribution in [3.05, 3.63) is 102 Å². The number of benzene rings is 2. The smallest absolute Gasteiger partial charge is 0.338 e. The molecule has 0 unspecified atom stereocenters. The first-order chi connectivity index (χ1) is 19.4. The van der Waals surface area contributed by atoms with Crippen LogP contribution in [0.5, 0.6) is 11.5 Å². The number of methoxy groups -OCH3 is 2. The lowest BCUT2D eigenvalue weighted by atomic mass is 9.95. The maximum absolute atomic E-state index is 13.9. The minimum absolute atomic E-state index is 0.169. The Bertz CT molecular complexity index is 1870. The molecule has 0 N–H and O–H groups in total. The van der Waals surface area contributed by atoms with E-state index in [-0.39, 0.29) is 17.7 Å². The van der Waals surface area contributed by atoms with Crippen LogP contribution in [-0.4, -0.2) is 31.4 Å². The van der Waals surface area contributed by atoms with Crippen LogP contribution < -0.4 is 24.4 Å². The summed E-state index contributed by atoms with van der Waals surface area (Å²) in [6.45, 7) is 3.61. The molecule has 2 aromatic carbocycles. The lowest BCUT2D eigenvalue weighted by molar-refractivity contribution is -0.139. The number of furan rings is 1. The Labute approximate surface area is 233 Å². The third kappa shape index (κ3) is 4.72. The highest BCUT2D eigenvalue weighted by Gasteiger charge is 2.35. The van der Waals surface area contributed by atoms with Gasteiger partial charge in [-0.15, -0.1) is 0 Å². The van der Waals surface area contributed by atoms with Gasteiger partial charge in [0.25, 0.3) is 5.56 Å². The topological polar surface area (TPSA) is 116 Å². The van der Waals surface area contributed by atoms with Gasteiger partial charge in [0.15, 0.2) is 4.80 Å². The van der Waals surface area contributed by atoms with E-state index in [1.54, 1.807) is 75.6 Å². The Hall–Kier alpha value is -4.88. The Morgan fingerprint density at radius 3 is 2.70 bits per heavy atom. The van der Waals surface area contributed by atoms with Crippen LogP contribution in [0.3, 0.4) is 0 Å². The van der Waals surface area contributed by atoms with Gasteiger partial charge in [0.05, 0.1) is 48.3 Å². The molecule has 0 saturated carbocycles. The summed E-state index contributed by atoms with van der Waals surface area (Å²) in [4.78, 5) is 32.1. The summed E-state index contributed by atoms with van der Waals surface area (Å²) in [7, 11) is 3.06. The predicted octanol–water partition coefficient (Wildman–Crippen LogP) is 3.95. The number of thiazole rings is 1. The van der Waals surface area contributed by atoms with E-state index < -0.39 is 12.0 Å². The molecule has 9 nitrogen and oxygen atoms in total. The van der Waals surface area contributed by atoms with Gasteiger partial charge < -0.3 is 18.6 Å². The molecule has 1 aliphatic rings. The van der Waals surface area contributed by atoms with Crippen LogP contribution in [0.25, 0.3) is 17.4 Å². The molecule has 0 amide bonds. The number of hydrogen-bond acceptors (Lipinski definition) is 9. The second-order valence-electron chi connectivity index (χ2n) is 8.77. The van der Waals surface area contributed by atoms with E-state index in [9.17, 15) is 14.9 Å². The summed E-state index contributed by atoms with van der Waals surface area (Å²) in [5, 5.41) is 9.45. The number of aromatic nitrogens is 1. The SMILES string of the molecule is CCOC(=O)C1=C(C)N=c2s/c(=C/c3ccc(-c4ccccc4C#N)o3)c(=O)n2[C@H]1c1ccc(OC)cc1OC. The molecule has 0 fully saturated rings. The maximum Gasteiger partial charge on any atom is 0.338 e. The number of carbonyl (C=O) groups is 1. The maximum atomic E-state index is 13.9. The van der Waals surface area contributed by atoms with Gasteiger partial charge in [0.2, 0.25) is 0 Å². The number of esters is 1. The molecule has 1 atom stereocenters. The molecule has 0 radical (unpaired) electrons. The normalized spacial score (nSPS) is 14.8. The lowest BCUT2D eigenvalue weighted by Gasteiger charge is -2.26. The number of rotatable bonds is 7. The third-order valence-electron chi connectivity index (χ3n) is 6.47. The average molecular weight is 556 g/mol. The molecule has 3 heterocycles. The van der Waals surface area contributed by atoms with Gasteiger partial charge in [0, 0.05) is 23.3 Å². The van der Waals surface area contributed by atoms with Gasteiger partial charge in [-0.05, 0) is 50.2 Å². The summed E-state index contributed by atoms with van der Waals surface area (Å²) >= 11 is 1.18. The van der Waals surface area contributed by atoms with Crippen LogP contribution in [-0.2, 0) is 9.53 Å². The van der Waals surface area contributed by atoms with Crippen molar-refractivity contribution >= 4 is 23.4 Å². The van der Waals surface area contributed by atoms with Gasteiger partial charge >= 0.3 is 5.97 Å². The molecular weight excluding hydrogens is 530 g/mol. The summed E-state index contributed by atoms with van der Waals surface area (Å²) in [5.74, 6) is 1.40. The van der Waals surface area contributed by atoms with Crippen molar-refractivity contribution in [3.63, 3.8) is 0 Å². The number of carbonyl (C=O) groups excluding carboxylic acids is 1. The van der Waals surface area contributed by atoms with Crippen LogP contribution in [0.15, 0.2) is 80.1 Å². The number of hydrogen-bond donors (Lipinski definition) is 0. The molecule has 5 rings (SSSR count). The van der Waals surface area contributed by atoms with Crippen LogP contribution in [0.1, 0.15) is 36.8 Å². The van der Waals surface area contributed by atoms with Gasteiger partial charge in [-0.2, -0.15) is 5.26 Å². The van der Waals surface area contributed by atoms with E-state index in [0.717, 1.165) is 0 Å². The van der Waals surface area contributed by atoms with Crippen LogP contribution in [0.4, 0.5) is 0 Å². The molecule has 4 aromatic rings. The van der Waals surface area contributed by atoms with Gasteiger partial charge in [-0.25, -0.2) is 9.79 Å². The molecule has 40 heavy (non-hydrogen) atoms. The zero-order valence-electron chi connectivity index (χ0n) is 22.3. The third-order valence-corrected chi connectivity index (χ3v) is 7.45. The standard InChI is InChI=1S/C30H25N3O6S/c1-5-38-29(35)26-17(2)32-30-33(27(26)22-12-10-19(36-3)14-24(22)37-4)28(34)25(40-30)15-20-11-13-23(39-20)21-9-7-6-8-18(21)16-31/h6-15,27H,5H2,1-4H3/b25-15+/t27-/m0/s1. The average Bonchev–Trinajstić information content (AvgIpc) is 3.56. The minimum atomic E-state index is -0.840. The van der Waals surface area contributed by atoms with Crippen LogP contribution >= 0.6 is 11.3 Å². The Kier molecular flexibility index (Phi) is 7.40. The first kappa shape index (κ1) is 26.7. The summed E-state index contributed by atoms with van der Waals surface area (Å²) in [6, 6.07) is 17.2. The quantitative estimate of drug-likeness (QED) is 0.317. The zero-order chi connectivity index (χ0) is 28.4. The van der Waals surface area contributed by atoms with Crippen molar-refractivity contribution in [2.24, 2.45) is 4.99 Å². The summed E-state index contributed by atoms with van der Waals surface area (Å²) in [5.41, 5.74) is 2.07. The van der Waals surface area contributed by atoms with Crippen LogP contribution in [0.2, 0.25) is 0 Å². The van der Waals surface area contributed by atoms with E-state index in [1.807, 2.05) is 6.07 Å². The monoisotopic (exact) mass is 555 g/mol. The summed E-state index contributed by atoms with van der Waals surface area (Å²) in [6.07, 6.45) is 1.63. The number of allylic oxidation sites excluding steroid dienone is 1. The molecule has 0 aliphatic carbocycles. The second kappa shape index (κ2) is 11.1. The van der Waals surface area contributed by atoms with Gasteiger partial charge in [-0.1, -0.05) is 23.5 Å². The Morgan fingerprint density at radius 2 is 1.98 bits per heavy atom. The lowest BCUT2D eigenvalue weighted by Crippen LogP contribution is -2.40. The fraction of sp³-hybridized carbons (Fsp3) is 0.200. The van der Waals surface area contributed by atoms with Crippen molar-refractivity contribution < 1.29 is 23.4 Å². The highest BCUT2D eigenvalue weighted by Crippen LogP contribution is 2.37. The summed E-state index contributed by atoms with van der Waals surface area (Å²) < 4.78 is 24.2. The minimum Gasteiger partial charge on any atom is -0.497 e. The zero-order valence-corrected chi connectivity index (χ0v) is 23.1. The van der Waals surface area contributed by atoms with Crippen LogP contribution in [0, 0.1) is 11.3 Å². The Morgan fingerprint density at radius 1 is 1.18 bits per heavy atom.